The minimum atomic E-state index is -0.507. The van der Waals surface area contributed by atoms with Gasteiger partial charge in [0.1, 0.15) is 0 Å². The van der Waals surface area contributed by atoms with E-state index in [-0.39, 0.29) is 11.2 Å². The molecule has 0 heterocycles. The molecular formula is C14H19NO2S. The second kappa shape index (κ2) is 6.25. The monoisotopic (exact) mass is 265 g/mol. The Kier molecular flexibility index (Phi) is 4.66. The highest BCUT2D eigenvalue weighted by Gasteiger charge is 2.26. The largest absolute Gasteiger partial charge is 0.388 e. The fourth-order valence-electron chi connectivity index (χ4n) is 1.63. The molecule has 3 nitrogen and oxygen atoms in total. The van der Waals surface area contributed by atoms with Gasteiger partial charge in [-0.15, -0.1) is 11.8 Å². The van der Waals surface area contributed by atoms with Crippen LogP contribution in [0.2, 0.25) is 0 Å². The molecule has 2 N–H and O–H groups in total. The summed E-state index contributed by atoms with van der Waals surface area (Å²) in [4.78, 5) is 11.7. The summed E-state index contributed by atoms with van der Waals surface area (Å²) in [5.41, 5.74) is 0.903. The van der Waals surface area contributed by atoms with Gasteiger partial charge in [-0.1, -0.05) is 30.3 Å². The molecule has 4 heteroatoms. The Hall–Kier alpha value is -1.00. The van der Waals surface area contributed by atoms with Gasteiger partial charge in [0.05, 0.1) is 11.4 Å². The average Bonchev–Trinajstić information content (AvgIpc) is 3.20. The zero-order chi connectivity index (χ0) is 13.0. The predicted octanol–water partition coefficient (Wildman–Crippen LogP) is 2.12. The van der Waals surface area contributed by atoms with E-state index in [1.54, 1.807) is 0 Å². The normalized spacial score (nSPS) is 18.1. The summed E-state index contributed by atoms with van der Waals surface area (Å²) in [5, 5.41) is 12.9. The number of thioether (sulfide) groups is 1. The smallest absolute Gasteiger partial charge is 0.233 e. The van der Waals surface area contributed by atoms with E-state index in [0.29, 0.717) is 11.8 Å². The van der Waals surface area contributed by atoms with Gasteiger partial charge in [-0.25, -0.2) is 0 Å². The second-order valence-electron chi connectivity index (χ2n) is 4.68. The molecule has 0 saturated heterocycles. The van der Waals surface area contributed by atoms with Crippen molar-refractivity contribution in [1.82, 2.24) is 5.32 Å². The van der Waals surface area contributed by atoms with Crippen LogP contribution in [0.5, 0.6) is 0 Å². The minimum Gasteiger partial charge on any atom is -0.388 e. The first-order chi connectivity index (χ1) is 8.66. The molecule has 2 atom stereocenters. The van der Waals surface area contributed by atoms with Gasteiger partial charge in [-0.3, -0.25) is 4.79 Å². The highest BCUT2D eigenvalue weighted by Crippen LogP contribution is 2.23. The molecule has 2 rings (SSSR count). The van der Waals surface area contributed by atoms with Crippen molar-refractivity contribution in [2.24, 2.45) is 0 Å². The summed E-state index contributed by atoms with van der Waals surface area (Å²) < 4.78 is 0. The van der Waals surface area contributed by atoms with Gasteiger partial charge in [0.25, 0.3) is 0 Å². The summed E-state index contributed by atoms with van der Waals surface area (Å²) in [7, 11) is 0. The number of nitrogens with one attached hydrogen (secondary N) is 1. The van der Waals surface area contributed by atoms with Gasteiger partial charge in [0.15, 0.2) is 0 Å². The van der Waals surface area contributed by atoms with Crippen LogP contribution >= 0.6 is 11.8 Å². The number of carbonyl (C=O) groups excluding carboxylic acids is 1. The van der Waals surface area contributed by atoms with Gasteiger partial charge < -0.3 is 10.4 Å². The Labute approximate surface area is 112 Å². The Morgan fingerprint density at radius 2 is 2.11 bits per heavy atom. The number of aliphatic hydroxyl groups excluding tert-OH is 1. The molecule has 0 unspecified atom stereocenters. The number of hydrogen-bond donors (Lipinski definition) is 2. The van der Waals surface area contributed by atoms with Crippen molar-refractivity contribution in [3.05, 3.63) is 35.9 Å². The summed E-state index contributed by atoms with van der Waals surface area (Å²) in [5.74, 6) is 0.631. The molecule has 1 aromatic carbocycles. The molecule has 1 saturated carbocycles. The van der Waals surface area contributed by atoms with Crippen molar-refractivity contribution in [3.8, 4) is 0 Å². The highest BCUT2D eigenvalue weighted by atomic mass is 32.2. The van der Waals surface area contributed by atoms with E-state index in [1.807, 2.05) is 37.3 Å². The lowest BCUT2D eigenvalue weighted by atomic mass is 10.1. The molecule has 0 aliphatic heterocycles. The van der Waals surface area contributed by atoms with Crippen molar-refractivity contribution < 1.29 is 9.90 Å². The van der Waals surface area contributed by atoms with E-state index in [1.165, 1.54) is 11.8 Å². The third kappa shape index (κ3) is 4.03. The molecule has 1 fully saturated rings. The number of carbonyl (C=O) groups is 1. The number of aliphatic hydroxyl groups is 1. The van der Waals surface area contributed by atoms with Crippen LogP contribution in [0.3, 0.4) is 0 Å². The zero-order valence-corrected chi connectivity index (χ0v) is 11.3. The molecule has 1 amide bonds. The minimum absolute atomic E-state index is 0.0859. The quantitative estimate of drug-likeness (QED) is 0.828. The zero-order valence-electron chi connectivity index (χ0n) is 10.5. The van der Waals surface area contributed by atoms with Crippen molar-refractivity contribution in [2.45, 2.75) is 37.2 Å². The van der Waals surface area contributed by atoms with Gasteiger partial charge in [0.2, 0.25) is 5.91 Å². The fourth-order valence-corrected chi connectivity index (χ4v) is 2.51. The molecule has 0 spiro atoms. The first-order valence-electron chi connectivity index (χ1n) is 6.32. The topological polar surface area (TPSA) is 49.3 Å². The fraction of sp³-hybridized carbons (Fsp3) is 0.500. The van der Waals surface area contributed by atoms with E-state index in [2.05, 4.69) is 5.32 Å². The third-order valence-electron chi connectivity index (χ3n) is 2.98. The SMILES string of the molecule is C[C@H](SC[C@H](O)c1ccccc1)C(=O)NC1CC1. The van der Waals surface area contributed by atoms with Crippen LogP contribution in [0, 0.1) is 0 Å². The standard InChI is InChI=1S/C14H19NO2S/c1-10(14(17)15-12-7-8-12)18-9-13(16)11-5-3-2-4-6-11/h2-6,10,12-13,16H,7-9H2,1H3,(H,15,17)/t10-,13-/m0/s1. The summed E-state index contributed by atoms with van der Waals surface area (Å²) >= 11 is 1.50. The molecule has 0 radical (unpaired) electrons. The van der Waals surface area contributed by atoms with Crippen LogP contribution in [0.25, 0.3) is 0 Å². The Morgan fingerprint density at radius 1 is 1.44 bits per heavy atom. The maximum absolute atomic E-state index is 11.7. The van der Waals surface area contributed by atoms with Gasteiger partial charge in [-0.05, 0) is 25.3 Å². The van der Waals surface area contributed by atoms with Crippen molar-refractivity contribution >= 4 is 17.7 Å². The van der Waals surface area contributed by atoms with Crippen LogP contribution in [-0.2, 0) is 4.79 Å². The van der Waals surface area contributed by atoms with Crippen molar-refractivity contribution in [1.29, 1.82) is 0 Å². The molecule has 1 aliphatic carbocycles. The predicted molar refractivity (Wildman–Crippen MR) is 74.5 cm³/mol. The van der Waals surface area contributed by atoms with Crippen LogP contribution in [-0.4, -0.2) is 28.1 Å². The Bertz CT molecular complexity index is 392. The third-order valence-corrected chi connectivity index (χ3v) is 4.20. The van der Waals surface area contributed by atoms with E-state index >= 15 is 0 Å². The van der Waals surface area contributed by atoms with Crippen LogP contribution in [0.4, 0.5) is 0 Å². The van der Waals surface area contributed by atoms with Crippen molar-refractivity contribution in [2.75, 3.05) is 5.75 Å². The Balaban J connectivity index is 1.74. The van der Waals surface area contributed by atoms with Crippen LogP contribution in [0.15, 0.2) is 30.3 Å². The molecule has 0 aromatic heterocycles. The lowest BCUT2D eigenvalue weighted by Crippen LogP contribution is -2.32. The molecule has 1 aliphatic rings. The first-order valence-corrected chi connectivity index (χ1v) is 7.36. The molecule has 18 heavy (non-hydrogen) atoms. The Morgan fingerprint density at radius 3 is 2.72 bits per heavy atom. The van der Waals surface area contributed by atoms with E-state index in [0.717, 1.165) is 18.4 Å². The molecule has 0 bridgehead atoms. The molecular weight excluding hydrogens is 246 g/mol. The lowest BCUT2D eigenvalue weighted by molar-refractivity contribution is -0.120. The second-order valence-corrected chi connectivity index (χ2v) is 6.06. The van der Waals surface area contributed by atoms with E-state index in [4.69, 9.17) is 0 Å². The van der Waals surface area contributed by atoms with E-state index < -0.39 is 6.10 Å². The summed E-state index contributed by atoms with van der Waals surface area (Å²) in [6.45, 7) is 1.89. The van der Waals surface area contributed by atoms with E-state index in [9.17, 15) is 9.90 Å². The first kappa shape index (κ1) is 13.4. The van der Waals surface area contributed by atoms with Gasteiger partial charge >= 0.3 is 0 Å². The number of rotatable bonds is 6. The number of benzene rings is 1. The van der Waals surface area contributed by atoms with Crippen molar-refractivity contribution in [3.63, 3.8) is 0 Å². The maximum atomic E-state index is 11.7. The van der Waals surface area contributed by atoms with Gasteiger partial charge in [-0.2, -0.15) is 0 Å². The van der Waals surface area contributed by atoms with Crippen LogP contribution in [0.1, 0.15) is 31.4 Å². The van der Waals surface area contributed by atoms with Crippen LogP contribution < -0.4 is 5.32 Å². The highest BCUT2D eigenvalue weighted by molar-refractivity contribution is 8.00. The maximum Gasteiger partial charge on any atom is 0.233 e. The average molecular weight is 265 g/mol. The molecule has 98 valence electrons. The summed E-state index contributed by atoms with van der Waals surface area (Å²) in [6.07, 6.45) is 1.71. The summed E-state index contributed by atoms with van der Waals surface area (Å²) in [6, 6.07) is 9.95. The lowest BCUT2D eigenvalue weighted by Gasteiger charge is -2.15. The number of amides is 1. The van der Waals surface area contributed by atoms with Gasteiger partial charge in [0, 0.05) is 11.8 Å². The molecule has 1 aromatic rings. The number of hydrogen-bond acceptors (Lipinski definition) is 3.